The number of nitrogens with zero attached hydrogens (tertiary/aromatic N) is 1. The Morgan fingerprint density at radius 1 is 1.35 bits per heavy atom. The minimum Gasteiger partial charge on any atom is -0.480 e. The second-order valence-corrected chi connectivity index (χ2v) is 4.43. The van der Waals surface area contributed by atoms with Crippen LogP contribution in [0.4, 0.5) is 4.79 Å². The molecule has 0 saturated heterocycles. The lowest BCUT2D eigenvalue weighted by molar-refractivity contribution is -0.140. The van der Waals surface area contributed by atoms with Crippen molar-refractivity contribution in [3.63, 3.8) is 0 Å². The van der Waals surface area contributed by atoms with Crippen LogP contribution in [0, 0.1) is 5.92 Å². The van der Waals surface area contributed by atoms with Gasteiger partial charge in [-0.05, 0) is 12.3 Å². The predicted octanol–water partition coefficient (Wildman–Crippen LogP) is 1.93. The van der Waals surface area contributed by atoms with Crippen molar-refractivity contribution in [3.05, 3.63) is 0 Å². The first-order valence-corrected chi connectivity index (χ1v) is 6.18. The van der Waals surface area contributed by atoms with Gasteiger partial charge in [-0.15, -0.1) is 0 Å². The van der Waals surface area contributed by atoms with E-state index in [0.717, 1.165) is 19.3 Å². The summed E-state index contributed by atoms with van der Waals surface area (Å²) in [6.07, 6.45) is 2.65. The summed E-state index contributed by atoms with van der Waals surface area (Å²) in [5.74, 6) is -1.05. The summed E-state index contributed by atoms with van der Waals surface area (Å²) < 4.78 is 0. The lowest BCUT2D eigenvalue weighted by Gasteiger charge is -2.24. The Hall–Kier alpha value is -1.26. The van der Waals surface area contributed by atoms with E-state index >= 15 is 0 Å². The molecule has 0 fully saturated rings. The quantitative estimate of drug-likeness (QED) is 0.719. The summed E-state index contributed by atoms with van der Waals surface area (Å²) in [7, 11) is 1.68. The molecule has 0 aliphatic rings. The van der Waals surface area contributed by atoms with Crippen LogP contribution in [-0.2, 0) is 4.79 Å². The Morgan fingerprint density at radius 3 is 2.35 bits per heavy atom. The third-order valence-corrected chi connectivity index (χ3v) is 2.95. The van der Waals surface area contributed by atoms with Crippen LogP contribution in [0.5, 0.6) is 0 Å². The number of amides is 2. The first-order valence-electron chi connectivity index (χ1n) is 6.18. The number of hydrogen-bond donors (Lipinski definition) is 2. The number of aliphatic carboxylic acids is 1. The van der Waals surface area contributed by atoms with Crippen LogP contribution in [-0.4, -0.2) is 41.6 Å². The van der Waals surface area contributed by atoms with Gasteiger partial charge in [0.1, 0.15) is 6.04 Å². The van der Waals surface area contributed by atoms with Gasteiger partial charge in [0, 0.05) is 13.6 Å². The van der Waals surface area contributed by atoms with E-state index in [1.165, 1.54) is 4.90 Å². The zero-order valence-corrected chi connectivity index (χ0v) is 11.2. The fourth-order valence-corrected chi connectivity index (χ4v) is 1.42. The van der Waals surface area contributed by atoms with Crippen molar-refractivity contribution in [2.45, 2.75) is 46.1 Å². The van der Waals surface area contributed by atoms with E-state index in [1.807, 2.05) is 20.8 Å². The van der Waals surface area contributed by atoms with Gasteiger partial charge in [-0.25, -0.2) is 9.59 Å². The number of rotatable bonds is 7. The number of hydrogen-bond acceptors (Lipinski definition) is 2. The molecule has 2 atom stereocenters. The van der Waals surface area contributed by atoms with E-state index in [-0.39, 0.29) is 11.9 Å². The van der Waals surface area contributed by atoms with Crippen molar-refractivity contribution in [3.8, 4) is 0 Å². The molecule has 2 amide bonds. The topological polar surface area (TPSA) is 69.6 Å². The Morgan fingerprint density at radius 2 is 1.94 bits per heavy atom. The fraction of sp³-hybridized carbons (Fsp3) is 0.833. The molecule has 0 saturated carbocycles. The zero-order chi connectivity index (χ0) is 13.4. The van der Waals surface area contributed by atoms with E-state index in [0.29, 0.717) is 6.54 Å². The van der Waals surface area contributed by atoms with Gasteiger partial charge in [0.25, 0.3) is 0 Å². The highest BCUT2D eigenvalue weighted by Crippen LogP contribution is 2.08. The molecule has 0 aliphatic heterocycles. The van der Waals surface area contributed by atoms with Crippen LogP contribution >= 0.6 is 0 Å². The second-order valence-electron chi connectivity index (χ2n) is 4.43. The molecule has 2 unspecified atom stereocenters. The third-order valence-electron chi connectivity index (χ3n) is 2.95. The van der Waals surface area contributed by atoms with Gasteiger partial charge in [0.2, 0.25) is 0 Å². The SMILES string of the molecule is CCCCN(C)C(=O)NC(C(=O)O)C(C)CC. The maximum absolute atomic E-state index is 11.7. The second kappa shape index (κ2) is 7.92. The Kier molecular flexibility index (Phi) is 7.34. The average molecular weight is 244 g/mol. The summed E-state index contributed by atoms with van der Waals surface area (Å²) >= 11 is 0. The van der Waals surface area contributed by atoms with Crippen LogP contribution in [0.1, 0.15) is 40.0 Å². The largest absolute Gasteiger partial charge is 0.480 e. The molecule has 100 valence electrons. The summed E-state index contributed by atoms with van der Waals surface area (Å²) in [6.45, 7) is 6.43. The molecule has 5 nitrogen and oxygen atoms in total. The van der Waals surface area contributed by atoms with Crippen molar-refractivity contribution in [1.82, 2.24) is 10.2 Å². The molecule has 0 rings (SSSR count). The standard InChI is InChI=1S/C12H24N2O3/c1-5-7-8-14(4)12(17)13-10(11(15)16)9(3)6-2/h9-10H,5-8H2,1-4H3,(H,13,17)(H,15,16). The first kappa shape index (κ1) is 15.7. The molecular weight excluding hydrogens is 220 g/mol. The molecule has 5 heteroatoms. The summed E-state index contributed by atoms with van der Waals surface area (Å²) in [5, 5.41) is 11.6. The Balaban J connectivity index is 4.35. The number of carboxylic acids is 1. The number of carboxylic acid groups (broad SMARTS) is 1. The van der Waals surface area contributed by atoms with E-state index in [1.54, 1.807) is 7.05 Å². The van der Waals surface area contributed by atoms with Gasteiger partial charge >= 0.3 is 12.0 Å². The zero-order valence-electron chi connectivity index (χ0n) is 11.2. The highest BCUT2D eigenvalue weighted by atomic mass is 16.4. The summed E-state index contributed by atoms with van der Waals surface area (Å²) in [4.78, 5) is 24.3. The molecule has 0 aromatic rings. The molecule has 0 aromatic carbocycles. The minimum absolute atomic E-state index is 0.0731. The van der Waals surface area contributed by atoms with Crippen LogP contribution in [0.25, 0.3) is 0 Å². The van der Waals surface area contributed by atoms with Gasteiger partial charge in [-0.1, -0.05) is 33.6 Å². The lowest BCUT2D eigenvalue weighted by Crippen LogP contribution is -2.49. The number of unbranched alkanes of at least 4 members (excludes halogenated alkanes) is 1. The number of carbonyl (C=O) groups is 2. The summed E-state index contributed by atoms with van der Waals surface area (Å²) in [6, 6.07) is -1.12. The summed E-state index contributed by atoms with van der Waals surface area (Å²) in [5.41, 5.74) is 0. The minimum atomic E-state index is -0.975. The third kappa shape index (κ3) is 5.56. The maximum atomic E-state index is 11.7. The molecule has 0 radical (unpaired) electrons. The van der Waals surface area contributed by atoms with Gasteiger partial charge in [-0.3, -0.25) is 0 Å². The fourth-order valence-electron chi connectivity index (χ4n) is 1.42. The highest BCUT2D eigenvalue weighted by molar-refractivity contribution is 5.82. The smallest absolute Gasteiger partial charge is 0.326 e. The van der Waals surface area contributed by atoms with E-state index in [2.05, 4.69) is 5.32 Å². The Bertz CT molecular complexity index is 256. The van der Waals surface area contributed by atoms with Crippen molar-refractivity contribution in [2.24, 2.45) is 5.92 Å². The molecule has 0 spiro atoms. The molecule has 2 N–H and O–H groups in total. The van der Waals surface area contributed by atoms with Gasteiger partial charge in [0.05, 0.1) is 0 Å². The van der Waals surface area contributed by atoms with E-state index < -0.39 is 12.0 Å². The van der Waals surface area contributed by atoms with Crippen molar-refractivity contribution in [2.75, 3.05) is 13.6 Å². The number of urea groups is 1. The molecule has 17 heavy (non-hydrogen) atoms. The van der Waals surface area contributed by atoms with Crippen LogP contribution in [0.15, 0.2) is 0 Å². The van der Waals surface area contributed by atoms with E-state index in [9.17, 15) is 9.59 Å². The monoisotopic (exact) mass is 244 g/mol. The maximum Gasteiger partial charge on any atom is 0.326 e. The molecule has 0 heterocycles. The van der Waals surface area contributed by atoms with Crippen molar-refractivity contribution in [1.29, 1.82) is 0 Å². The average Bonchev–Trinajstić information content (AvgIpc) is 2.31. The van der Waals surface area contributed by atoms with Crippen LogP contribution < -0.4 is 5.32 Å². The van der Waals surface area contributed by atoms with Gasteiger partial charge in [-0.2, -0.15) is 0 Å². The van der Waals surface area contributed by atoms with Gasteiger partial charge in [0.15, 0.2) is 0 Å². The van der Waals surface area contributed by atoms with Crippen molar-refractivity contribution < 1.29 is 14.7 Å². The van der Waals surface area contributed by atoms with Crippen LogP contribution in [0.3, 0.4) is 0 Å². The number of carbonyl (C=O) groups excluding carboxylic acids is 1. The molecule has 0 bridgehead atoms. The van der Waals surface area contributed by atoms with Crippen LogP contribution in [0.2, 0.25) is 0 Å². The highest BCUT2D eigenvalue weighted by Gasteiger charge is 2.26. The lowest BCUT2D eigenvalue weighted by atomic mass is 9.99. The molecule has 0 aliphatic carbocycles. The predicted molar refractivity (Wildman–Crippen MR) is 66.9 cm³/mol. The first-order chi connectivity index (χ1) is 7.93. The van der Waals surface area contributed by atoms with E-state index in [4.69, 9.17) is 5.11 Å². The van der Waals surface area contributed by atoms with Crippen molar-refractivity contribution >= 4 is 12.0 Å². The Labute approximate surface area is 103 Å². The normalized spacial score (nSPS) is 13.9. The number of nitrogens with one attached hydrogen (secondary N) is 1. The molecule has 0 aromatic heterocycles. The molecular formula is C12H24N2O3. The van der Waals surface area contributed by atoms with Gasteiger partial charge < -0.3 is 15.3 Å².